The van der Waals surface area contributed by atoms with Gasteiger partial charge < -0.3 is 10.2 Å². The number of amides is 1. The first kappa shape index (κ1) is 21.4. The van der Waals surface area contributed by atoms with Crippen molar-refractivity contribution in [2.75, 3.05) is 23.3 Å². The Balaban J connectivity index is 1.39. The Morgan fingerprint density at radius 1 is 1.00 bits per heavy atom. The largest absolute Gasteiger partial charge is 0.354 e. The van der Waals surface area contributed by atoms with Gasteiger partial charge in [0.2, 0.25) is 5.91 Å². The van der Waals surface area contributed by atoms with E-state index in [-0.39, 0.29) is 11.8 Å². The summed E-state index contributed by atoms with van der Waals surface area (Å²) in [6.45, 7) is 7.70. The molecule has 1 fully saturated rings. The van der Waals surface area contributed by atoms with Crippen LogP contribution in [0.4, 0.5) is 11.5 Å². The third kappa shape index (κ3) is 5.44. The van der Waals surface area contributed by atoms with E-state index in [9.17, 15) is 4.79 Å². The minimum atomic E-state index is -0.0583. The first-order chi connectivity index (χ1) is 15.0. The van der Waals surface area contributed by atoms with Crippen molar-refractivity contribution in [1.82, 2.24) is 10.2 Å². The monoisotopic (exact) mass is 432 g/mol. The SMILES string of the molecule is Cc1ccc(Sc2ccc(N3CCCC(C(=O)Nc4cc(C)ccc4C)C3)nn2)cc1. The number of carbonyl (C=O) groups is 1. The van der Waals surface area contributed by atoms with Crippen molar-refractivity contribution in [3.05, 3.63) is 71.3 Å². The molecule has 1 aromatic heterocycles. The van der Waals surface area contributed by atoms with Crippen molar-refractivity contribution >= 4 is 29.2 Å². The summed E-state index contributed by atoms with van der Waals surface area (Å²) in [7, 11) is 0. The molecular weight excluding hydrogens is 404 g/mol. The summed E-state index contributed by atoms with van der Waals surface area (Å²) in [5, 5.41) is 12.8. The average molecular weight is 433 g/mol. The smallest absolute Gasteiger partial charge is 0.229 e. The van der Waals surface area contributed by atoms with Crippen LogP contribution in [0.3, 0.4) is 0 Å². The van der Waals surface area contributed by atoms with Crippen molar-refractivity contribution in [1.29, 1.82) is 0 Å². The van der Waals surface area contributed by atoms with Crippen LogP contribution in [-0.2, 0) is 4.79 Å². The Morgan fingerprint density at radius 2 is 1.77 bits per heavy atom. The van der Waals surface area contributed by atoms with E-state index >= 15 is 0 Å². The van der Waals surface area contributed by atoms with Crippen LogP contribution in [0.2, 0.25) is 0 Å². The molecule has 2 aromatic carbocycles. The quantitative estimate of drug-likeness (QED) is 0.584. The lowest BCUT2D eigenvalue weighted by atomic mass is 9.96. The molecule has 0 bridgehead atoms. The van der Waals surface area contributed by atoms with Crippen LogP contribution in [-0.4, -0.2) is 29.2 Å². The third-order valence-electron chi connectivity index (χ3n) is 5.64. The summed E-state index contributed by atoms with van der Waals surface area (Å²) in [5.74, 6) is 0.854. The second-order valence-corrected chi connectivity index (χ2v) is 9.33. The highest BCUT2D eigenvalue weighted by molar-refractivity contribution is 7.99. The van der Waals surface area contributed by atoms with Gasteiger partial charge in [0, 0.05) is 23.7 Å². The zero-order valence-electron chi connectivity index (χ0n) is 18.3. The molecule has 5 nitrogen and oxygen atoms in total. The van der Waals surface area contributed by atoms with Crippen molar-refractivity contribution in [3.63, 3.8) is 0 Å². The van der Waals surface area contributed by atoms with E-state index in [1.54, 1.807) is 11.8 Å². The van der Waals surface area contributed by atoms with Gasteiger partial charge in [0.15, 0.2) is 5.82 Å². The molecule has 0 radical (unpaired) electrons. The van der Waals surface area contributed by atoms with Crippen LogP contribution in [0.15, 0.2) is 64.5 Å². The molecule has 1 saturated heterocycles. The highest BCUT2D eigenvalue weighted by atomic mass is 32.2. The number of anilines is 2. The fourth-order valence-electron chi connectivity index (χ4n) is 3.77. The molecular formula is C25H28N4OS. The summed E-state index contributed by atoms with van der Waals surface area (Å²) in [6.07, 6.45) is 1.86. The summed E-state index contributed by atoms with van der Waals surface area (Å²) in [6, 6.07) is 18.5. The number of aryl methyl sites for hydroxylation is 3. The molecule has 2 heterocycles. The highest BCUT2D eigenvalue weighted by Crippen LogP contribution is 2.28. The summed E-state index contributed by atoms with van der Waals surface area (Å²) >= 11 is 1.60. The number of nitrogens with one attached hydrogen (secondary N) is 1. The van der Waals surface area contributed by atoms with Gasteiger partial charge >= 0.3 is 0 Å². The van der Waals surface area contributed by atoms with Crippen LogP contribution in [0, 0.1) is 26.7 Å². The van der Waals surface area contributed by atoms with Crippen LogP contribution in [0.5, 0.6) is 0 Å². The third-order valence-corrected chi connectivity index (χ3v) is 6.57. The van der Waals surface area contributed by atoms with Gasteiger partial charge in [-0.05, 0) is 75.1 Å². The number of hydrogen-bond donors (Lipinski definition) is 1. The Morgan fingerprint density at radius 3 is 2.52 bits per heavy atom. The van der Waals surface area contributed by atoms with Gasteiger partial charge in [0.1, 0.15) is 5.03 Å². The molecule has 0 aliphatic carbocycles. The van der Waals surface area contributed by atoms with E-state index < -0.39 is 0 Å². The lowest BCUT2D eigenvalue weighted by molar-refractivity contribution is -0.120. The van der Waals surface area contributed by atoms with Gasteiger partial charge in [0.25, 0.3) is 0 Å². The number of benzene rings is 2. The summed E-state index contributed by atoms with van der Waals surface area (Å²) in [4.78, 5) is 16.2. The molecule has 1 N–H and O–H groups in total. The maximum Gasteiger partial charge on any atom is 0.229 e. The molecule has 1 unspecified atom stereocenters. The standard InChI is InChI=1S/C25H28N4OS/c1-17-7-10-21(11-8-17)31-24-13-12-23(27-28-24)29-14-4-5-20(16-29)25(30)26-22-15-18(2)6-9-19(22)3/h6-13,15,20H,4-5,14,16H2,1-3H3,(H,26,30). The van der Waals surface area contributed by atoms with Gasteiger partial charge in [-0.1, -0.05) is 41.6 Å². The molecule has 0 saturated carbocycles. The fraction of sp³-hybridized carbons (Fsp3) is 0.320. The van der Waals surface area contributed by atoms with Crippen LogP contribution < -0.4 is 10.2 Å². The predicted molar refractivity (Wildman–Crippen MR) is 127 cm³/mol. The Bertz CT molecular complexity index is 1050. The van der Waals surface area contributed by atoms with Crippen molar-refractivity contribution in [2.24, 2.45) is 5.92 Å². The molecule has 0 spiro atoms. The van der Waals surface area contributed by atoms with Gasteiger partial charge in [0.05, 0.1) is 5.92 Å². The van der Waals surface area contributed by atoms with Gasteiger partial charge in [-0.2, -0.15) is 0 Å². The topological polar surface area (TPSA) is 58.1 Å². The molecule has 1 aliphatic rings. The lowest BCUT2D eigenvalue weighted by Gasteiger charge is -2.32. The van der Waals surface area contributed by atoms with E-state index in [1.807, 2.05) is 38.1 Å². The zero-order valence-corrected chi connectivity index (χ0v) is 19.1. The van der Waals surface area contributed by atoms with E-state index in [1.165, 1.54) is 5.56 Å². The lowest BCUT2D eigenvalue weighted by Crippen LogP contribution is -2.41. The molecule has 4 rings (SSSR count). The normalized spacial score (nSPS) is 16.2. The maximum atomic E-state index is 12.9. The second-order valence-electron chi connectivity index (χ2n) is 8.24. The van der Waals surface area contributed by atoms with Crippen molar-refractivity contribution in [3.8, 4) is 0 Å². The molecule has 31 heavy (non-hydrogen) atoms. The first-order valence-electron chi connectivity index (χ1n) is 10.7. The molecule has 1 aliphatic heterocycles. The molecule has 160 valence electrons. The number of piperidine rings is 1. The number of hydrogen-bond acceptors (Lipinski definition) is 5. The van der Waals surface area contributed by atoms with E-state index in [0.717, 1.165) is 51.9 Å². The Kier molecular flexibility index (Phi) is 6.56. The number of carbonyl (C=O) groups excluding carboxylic acids is 1. The van der Waals surface area contributed by atoms with Crippen LogP contribution in [0.1, 0.15) is 29.5 Å². The molecule has 6 heteroatoms. The second kappa shape index (κ2) is 9.52. The zero-order chi connectivity index (χ0) is 21.8. The molecule has 3 aromatic rings. The van der Waals surface area contributed by atoms with Crippen LogP contribution in [0.25, 0.3) is 0 Å². The first-order valence-corrected chi connectivity index (χ1v) is 11.5. The van der Waals surface area contributed by atoms with Crippen molar-refractivity contribution < 1.29 is 4.79 Å². The summed E-state index contributed by atoms with van der Waals surface area (Å²) < 4.78 is 0. The number of nitrogens with zero attached hydrogens (tertiary/aromatic N) is 3. The summed E-state index contributed by atoms with van der Waals surface area (Å²) in [5.41, 5.74) is 4.37. The van der Waals surface area contributed by atoms with Gasteiger partial charge in [-0.3, -0.25) is 4.79 Å². The number of rotatable bonds is 5. The van der Waals surface area contributed by atoms with E-state index in [2.05, 4.69) is 57.7 Å². The molecule has 1 atom stereocenters. The number of aromatic nitrogens is 2. The van der Waals surface area contributed by atoms with E-state index in [4.69, 9.17) is 0 Å². The molecule has 1 amide bonds. The van der Waals surface area contributed by atoms with Gasteiger partial charge in [-0.15, -0.1) is 10.2 Å². The van der Waals surface area contributed by atoms with Crippen LogP contribution >= 0.6 is 11.8 Å². The fourth-order valence-corrected chi connectivity index (χ4v) is 4.50. The highest BCUT2D eigenvalue weighted by Gasteiger charge is 2.27. The Hall–Kier alpha value is -2.86. The minimum absolute atomic E-state index is 0.0583. The average Bonchev–Trinajstić information content (AvgIpc) is 2.78. The maximum absolute atomic E-state index is 12.9. The van der Waals surface area contributed by atoms with Gasteiger partial charge in [-0.25, -0.2) is 0 Å². The van der Waals surface area contributed by atoms with E-state index in [0.29, 0.717) is 6.54 Å². The minimum Gasteiger partial charge on any atom is -0.354 e. The predicted octanol–water partition coefficient (Wildman–Crippen LogP) is 5.41. The Labute approximate surface area is 188 Å². The van der Waals surface area contributed by atoms with Crippen molar-refractivity contribution in [2.45, 2.75) is 43.5 Å².